The summed E-state index contributed by atoms with van der Waals surface area (Å²) in [5.74, 6) is 0. The largest absolute Gasteiger partial charge is 0.392 e. The van der Waals surface area contributed by atoms with E-state index < -0.39 is 10.0 Å². The molecule has 7 nitrogen and oxygen atoms in total. The minimum Gasteiger partial charge on any atom is -0.392 e. The van der Waals surface area contributed by atoms with Crippen molar-refractivity contribution in [1.82, 2.24) is 14.9 Å². The molecular weight excluding hydrogens is 282 g/mol. The van der Waals surface area contributed by atoms with Gasteiger partial charge in [-0.1, -0.05) is 19.3 Å². The van der Waals surface area contributed by atoms with Crippen LogP contribution in [0, 0.1) is 0 Å². The Morgan fingerprint density at radius 1 is 1.40 bits per heavy atom. The van der Waals surface area contributed by atoms with Gasteiger partial charge in [0.25, 0.3) is 10.0 Å². The van der Waals surface area contributed by atoms with Gasteiger partial charge >= 0.3 is 0 Å². The fraction of sp³-hybridized carbons (Fsp3) is 0.750. The Morgan fingerprint density at radius 2 is 2.15 bits per heavy atom. The lowest BCUT2D eigenvalue weighted by Gasteiger charge is -2.21. The summed E-state index contributed by atoms with van der Waals surface area (Å²) in [6.07, 6.45) is 7.30. The zero-order chi connectivity index (χ0) is 14.4. The molecule has 0 amide bonds. The summed E-state index contributed by atoms with van der Waals surface area (Å²) in [7, 11) is -3.67. The first-order valence-electron chi connectivity index (χ1n) is 6.88. The lowest BCUT2D eigenvalue weighted by Crippen LogP contribution is -2.30. The third-order valence-electron chi connectivity index (χ3n) is 3.42. The van der Waals surface area contributed by atoms with Gasteiger partial charge in [0.1, 0.15) is 0 Å². The molecule has 0 unspecified atom stereocenters. The summed E-state index contributed by atoms with van der Waals surface area (Å²) in [6, 6.07) is 0. The summed E-state index contributed by atoms with van der Waals surface area (Å²) in [5.41, 5.74) is 0.255. The quantitative estimate of drug-likeness (QED) is 0.637. The van der Waals surface area contributed by atoms with Gasteiger partial charge in [-0.3, -0.25) is 5.10 Å². The van der Waals surface area contributed by atoms with E-state index >= 15 is 0 Å². The minimum atomic E-state index is -3.67. The lowest BCUT2D eigenvalue weighted by molar-refractivity contribution is 0.0321. The third kappa shape index (κ3) is 4.02. The van der Waals surface area contributed by atoms with Crippen LogP contribution in [0.1, 0.15) is 37.7 Å². The van der Waals surface area contributed by atoms with Crippen molar-refractivity contribution in [2.45, 2.75) is 49.8 Å². The number of rotatable bonds is 7. The van der Waals surface area contributed by atoms with Gasteiger partial charge in [0.05, 0.1) is 25.5 Å². The van der Waals surface area contributed by atoms with E-state index in [0.717, 1.165) is 12.8 Å². The molecule has 0 saturated heterocycles. The number of hydrogen-bond donors (Lipinski definition) is 3. The molecule has 20 heavy (non-hydrogen) atoms. The second kappa shape index (κ2) is 7.16. The number of aliphatic hydroxyl groups excluding tert-OH is 1. The molecule has 1 aromatic heterocycles. The highest BCUT2D eigenvalue weighted by atomic mass is 32.2. The number of nitrogens with zero attached hydrogens (tertiary/aromatic N) is 1. The van der Waals surface area contributed by atoms with Crippen LogP contribution in [0.15, 0.2) is 11.2 Å². The molecule has 2 rings (SSSR count). The van der Waals surface area contributed by atoms with Crippen LogP contribution < -0.4 is 4.72 Å². The molecule has 1 aromatic rings. The van der Waals surface area contributed by atoms with Gasteiger partial charge < -0.3 is 9.84 Å². The topological polar surface area (TPSA) is 104 Å². The summed E-state index contributed by atoms with van der Waals surface area (Å²) in [4.78, 5) is 0. The van der Waals surface area contributed by atoms with E-state index in [1.807, 2.05) is 0 Å². The van der Waals surface area contributed by atoms with E-state index in [9.17, 15) is 8.42 Å². The zero-order valence-electron chi connectivity index (χ0n) is 11.3. The summed E-state index contributed by atoms with van der Waals surface area (Å²) >= 11 is 0. The van der Waals surface area contributed by atoms with Gasteiger partial charge in [0.2, 0.25) is 0 Å². The van der Waals surface area contributed by atoms with Gasteiger partial charge in [-0.15, -0.1) is 0 Å². The lowest BCUT2D eigenvalue weighted by atomic mass is 9.98. The van der Waals surface area contributed by atoms with Crippen molar-refractivity contribution >= 4 is 10.0 Å². The van der Waals surface area contributed by atoms with Crippen molar-refractivity contribution in [2.75, 3.05) is 13.2 Å². The Labute approximate surface area is 118 Å². The highest BCUT2D eigenvalue weighted by Crippen LogP contribution is 2.20. The van der Waals surface area contributed by atoms with Crippen LogP contribution in [-0.4, -0.2) is 43.0 Å². The van der Waals surface area contributed by atoms with E-state index in [4.69, 9.17) is 9.84 Å². The second-order valence-corrected chi connectivity index (χ2v) is 6.61. The van der Waals surface area contributed by atoms with Gasteiger partial charge in [-0.2, -0.15) is 5.10 Å². The summed E-state index contributed by atoms with van der Waals surface area (Å²) in [5, 5.41) is 15.0. The van der Waals surface area contributed by atoms with Crippen molar-refractivity contribution < 1.29 is 18.3 Å². The average Bonchev–Trinajstić information content (AvgIpc) is 2.94. The number of H-pyrrole nitrogens is 1. The van der Waals surface area contributed by atoms with Gasteiger partial charge in [0.15, 0.2) is 5.03 Å². The summed E-state index contributed by atoms with van der Waals surface area (Å²) < 4.78 is 32.0. The smallest absolute Gasteiger partial charge is 0.257 e. The maximum absolute atomic E-state index is 12.0. The zero-order valence-corrected chi connectivity index (χ0v) is 12.2. The molecule has 0 spiro atoms. The molecule has 1 saturated carbocycles. The van der Waals surface area contributed by atoms with Crippen molar-refractivity contribution in [3.8, 4) is 0 Å². The van der Waals surface area contributed by atoms with Crippen LogP contribution in [0.25, 0.3) is 0 Å². The number of hydrogen-bond acceptors (Lipinski definition) is 5. The fourth-order valence-electron chi connectivity index (χ4n) is 2.35. The Hall–Kier alpha value is -0.960. The number of aromatic nitrogens is 2. The molecule has 3 N–H and O–H groups in total. The minimum absolute atomic E-state index is 0.0855. The maximum Gasteiger partial charge on any atom is 0.257 e. The van der Waals surface area contributed by atoms with Crippen LogP contribution in [0.2, 0.25) is 0 Å². The second-order valence-electron chi connectivity index (χ2n) is 4.91. The van der Waals surface area contributed by atoms with E-state index in [1.54, 1.807) is 0 Å². The molecule has 1 aliphatic carbocycles. The fourth-order valence-corrected chi connectivity index (χ4v) is 3.48. The van der Waals surface area contributed by atoms with E-state index in [0.29, 0.717) is 6.61 Å². The SMILES string of the molecule is O=S(=O)(NCCOC1CCCCC1)c1[nH]ncc1CO. The predicted molar refractivity (Wildman–Crippen MR) is 72.5 cm³/mol. The normalized spacial score (nSPS) is 17.4. The van der Waals surface area contributed by atoms with Crippen molar-refractivity contribution in [3.05, 3.63) is 11.8 Å². The first-order valence-corrected chi connectivity index (χ1v) is 8.36. The Morgan fingerprint density at radius 3 is 2.85 bits per heavy atom. The van der Waals surface area contributed by atoms with E-state index in [-0.39, 0.29) is 29.8 Å². The van der Waals surface area contributed by atoms with Crippen molar-refractivity contribution in [1.29, 1.82) is 0 Å². The number of sulfonamides is 1. The Balaban J connectivity index is 1.78. The standard InChI is InChI=1S/C12H21N3O4S/c16-9-10-8-13-15-12(10)20(17,18)14-6-7-19-11-4-2-1-3-5-11/h8,11,14,16H,1-7,9H2,(H,13,15). The maximum atomic E-state index is 12.0. The monoisotopic (exact) mass is 303 g/mol. The molecule has 0 aliphatic heterocycles. The molecule has 1 fully saturated rings. The molecule has 1 aliphatic rings. The molecule has 0 aromatic carbocycles. The molecule has 1 heterocycles. The Kier molecular flexibility index (Phi) is 5.53. The van der Waals surface area contributed by atoms with Gasteiger partial charge in [-0.05, 0) is 12.8 Å². The highest BCUT2D eigenvalue weighted by Gasteiger charge is 2.20. The van der Waals surface area contributed by atoms with Gasteiger partial charge in [-0.25, -0.2) is 13.1 Å². The number of ether oxygens (including phenoxy) is 1. The van der Waals surface area contributed by atoms with Crippen molar-refractivity contribution in [2.24, 2.45) is 0 Å². The van der Waals surface area contributed by atoms with Crippen LogP contribution in [0.4, 0.5) is 0 Å². The molecule has 8 heteroatoms. The number of aliphatic hydroxyl groups is 1. The first kappa shape index (κ1) is 15.4. The Bertz CT molecular complexity index is 509. The predicted octanol–water partition coefficient (Wildman–Crippen LogP) is 0.530. The first-order chi connectivity index (χ1) is 9.63. The van der Waals surface area contributed by atoms with Crippen LogP contribution >= 0.6 is 0 Å². The molecule has 0 atom stereocenters. The van der Waals surface area contributed by atoms with E-state index in [1.165, 1.54) is 25.5 Å². The van der Waals surface area contributed by atoms with Crippen LogP contribution in [0.5, 0.6) is 0 Å². The number of nitrogens with one attached hydrogen (secondary N) is 2. The molecule has 114 valence electrons. The highest BCUT2D eigenvalue weighted by molar-refractivity contribution is 7.89. The number of aromatic amines is 1. The third-order valence-corrected chi connectivity index (χ3v) is 4.89. The molecule has 0 bridgehead atoms. The van der Waals surface area contributed by atoms with E-state index in [2.05, 4.69) is 14.9 Å². The van der Waals surface area contributed by atoms with Crippen molar-refractivity contribution in [3.63, 3.8) is 0 Å². The van der Waals surface area contributed by atoms with Crippen LogP contribution in [0.3, 0.4) is 0 Å². The van der Waals surface area contributed by atoms with Gasteiger partial charge in [0, 0.05) is 12.1 Å². The summed E-state index contributed by atoms with van der Waals surface area (Å²) in [6.45, 7) is 0.195. The molecular formula is C12H21N3O4S. The van der Waals surface area contributed by atoms with Crippen LogP contribution in [-0.2, 0) is 21.4 Å². The molecule has 0 radical (unpaired) electrons. The average molecular weight is 303 g/mol.